The number of nitrogens with zero attached hydrogens (tertiary/aromatic N) is 1. The first-order chi connectivity index (χ1) is 13.4. The molecule has 0 saturated heterocycles. The Labute approximate surface area is 173 Å². The Hall–Kier alpha value is -2.78. The molecule has 1 aromatic heterocycles. The number of benzene rings is 2. The molecule has 0 unspecified atom stereocenters. The van der Waals surface area contributed by atoms with Crippen LogP contribution in [0.3, 0.4) is 0 Å². The van der Waals surface area contributed by atoms with E-state index in [-0.39, 0.29) is 18.1 Å². The molecule has 0 fully saturated rings. The molecule has 0 bridgehead atoms. The Balaban J connectivity index is 1.53. The molecule has 0 saturated carbocycles. The number of aromatic nitrogens is 1. The van der Waals surface area contributed by atoms with E-state index in [9.17, 15) is 14.0 Å². The number of amides is 3. The molecule has 28 heavy (non-hydrogen) atoms. The van der Waals surface area contributed by atoms with E-state index in [4.69, 9.17) is 0 Å². The van der Waals surface area contributed by atoms with Crippen LogP contribution in [0, 0.1) is 12.7 Å². The maximum atomic E-state index is 12.9. The van der Waals surface area contributed by atoms with Gasteiger partial charge >= 0.3 is 6.03 Å². The minimum absolute atomic E-state index is 0.0905. The summed E-state index contributed by atoms with van der Waals surface area (Å²) in [4.78, 5) is 28.4. The van der Waals surface area contributed by atoms with Crippen LogP contribution in [-0.2, 0) is 11.2 Å². The Kier molecular flexibility index (Phi) is 6.37. The number of carbonyl (C=O) groups excluding carboxylic acids is 2. The van der Waals surface area contributed by atoms with Crippen LogP contribution < -0.4 is 16.0 Å². The predicted molar refractivity (Wildman–Crippen MR) is 112 cm³/mol. The number of hydrogen-bond acceptors (Lipinski definition) is 4. The number of aryl methyl sites for hydroxylation is 1. The van der Waals surface area contributed by atoms with Gasteiger partial charge in [-0.3, -0.25) is 10.1 Å². The lowest BCUT2D eigenvalue weighted by atomic mass is 10.2. The van der Waals surface area contributed by atoms with Crippen molar-refractivity contribution in [2.45, 2.75) is 13.3 Å². The van der Waals surface area contributed by atoms with Crippen molar-refractivity contribution in [3.63, 3.8) is 0 Å². The molecule has 0 atom stereocenters. The minimum atomic E-state index is -0.498. The van der Waals surface area contributed by atoms with Crippen molar-refractivity contribution in [3.05, 3.63) is 69.4 Å². The van der Waals surface area contributed by atoms with E-state index in [1.807, 2.05) is 25.1 Å². The zero-order valence-electron chi connectivity index (χ0n) is 14.8. The Morgan fingerprint density at radius 2 is 1.86 bits per heavy atom. The fraction of sp³-hybridized carbons (Fsp3) is 0.105. The van der Waals surface area contributed by atoms with Gasteiger partial charge in [0.05, 0.1) is 12.1 Å². The summed E-state index contributed by atoms with van der Waals surface area (Å²) < 4.78 is 13.8. The van der Waals surface area contributed by atoms with Crippen molar-refractivity contribution in [2.24, 2.45) is 0 Å². The maximum absolute atomic E-state index is 12.9. The van der Waals surface area contributed by atoms with Crippen molar-refractivity contribution in [1.29, 1.82) is 0 Å². The summed E-state index contributed by atoms with van der Waals surface area (Å²) in [5, 5.41) is 10.1. The highest BCUT2D eigenvalue weighted by Gasteiger charge is 2.11. The van der Waals surface area contributed by atoms with Crippen LogP contribution in [0.4, 0.5) is 25.7 Å². The minimum Gasteiger partial charge on any atom is -0.326 e. The van der Waals surface area contributed by atoms with Crippen molar-refractivity contribution < 1.29 is 14.0 Å². The molecular weight excluding hydrogens is 447 g/mol. The van der Waals surface area contributed by atoms with Gasteiger partial charge in [-0.2, -0.15) is 0 Å². The maximum Gasteiger partial charge on any atom is 0.325 e. The van der Waals surface area contributed by atoms with E-state index < -0.39 is 6.03 Å². The van der Waals surface area contributed by atoms with Gasteiger partial charge in [0.2, 0.25) is 5.91 Å². The molecule has 3 amide bonds. The first-order valence-electron chi connectivity index (χ1n) is 8.23. The van der Waals surface area contributed by atoms with Crippen molar-refractivity contribution in [3.8, 4) is 0 Å². The quantitative estimate of drug-likeness (QED) is 0.488. The molecule has 0 radical (unpaired) electrons. The van der Waals surface area contributed by atoms with E-state index in [1.165, 1.54) is 35.6 Å². The molecule has 0 spiro atoms. The summed E-state index contributed by atoms with van der Waals surface area (Å²) in [5.74, 6) is -0.579. The lowest BCUT2D eigenvalue weighted by molar-refractivity contribution is -0.115. The molecule has 1 heterocycles. The number of anilines is 3. The number of thiazole rings is 1. The van der Waals surface area contributed by atoms with Gasteiger partial charge in [-0.15, -0.1) is 11.3 Å². The molecule has 2 aromatic carbocycles. The largest absolute Gasteiger partial charge is 0.326 e. The zero-order valence-corrected chi connectivity index (χ0v) is 17.2. The van der Waals surface area contributed by atoms with Crippen LogP contribution >= 0.6 is 27.3 Å². The summed E-state index contributed by atoms with van der Waals surface area (Å²) >= 11 is 4.60. The molecular formula is C19H16BrFN4O2S. The van der Waals surface area contributed by atoms with Crippen LogP contribution in [0.25, 0.3) is 0 Å². The molecule has 9 heteroatoms. The van der Waals surface area contributed by atoms with Crippen molar-refractivity contribution in [2.75, 3.05) is 16.0 Å². The van der Waals surface area contributed by atoms with Gasteiger partial charge in [0.25, 0.3) is 0 Å². The van der Waals surface area contributed by atoms with Crippen LogP contribution in [-0.4, -0.2) is 16.9 Å². The predicted octanol–water partition coefficient (Wildman–Crippen LogP) is 5.18. The second kappa shape index (κ2) is 8.94. The van der Waals surface area contributed by atoms with Gasteiger partial charge in [0.15, 0.2) is 5.13 Å². The van der Waals surface area contributed by atoms with Crippen LogP contribution in [0.15, 0.2) is 52.3 Å². The van der Waals surface area contributed by atoms with Crippen molar-refractivity contribution in [1.82, 2.24) is 4.98 Å². The molecule has 0 aliphatic rings. The van der Waals surface area contributed by atoms with Crippen molar-refractivity contribution >= 4 is 55.7 Å². The third-order valence-electron chi connectivity index (χ3n) is 3.68. The standard InChI is InChI=1S/C19H16BrFN4O2S/c1-11-8-12(20)2-7-16(11)24-17(26)9-15-10-28-19(23-15)25-18(27)22-14-5-3-13(21)4-6-14/h2-8,10H,9H2,1H3,(H,24,26)(H2,22,23,25,27). The topological polar surface area (TPSA) is 83.1 Å². The average Bonchev–Trinajstić information content (AvgIpc) is 3.06. The van der Waals surface area contributed by atoms with Crippen LogP contribution in [0.2, 0.25) is 0 Å². The molecule has 144 valence electrons. The summed E-state index contributed by atoms with van der Waals surface area (Å²) in [6, 6.07) is 10.5. The fourth-order valence-electron chi connectivity index (χ4n) is 2.36. The highest BCUT2D eigenvalue weighted by Crippen LogP contribution is 2.21. The Bertz CT molecular complexity index is 1010. The molecule has 6 nitrogen and oxygen atoms in total. The fourth-order valence-corrected chi connectivity index (χ4v) is 3.55. The van der Waals surface area contributed by atoms with E-state index in [0.29, 0.717) is 16.5 Å². The van der Waals surface area contributed by atoms with Crippen LogP contribution in [0.1, 0.15) is 11.3 Å². The monoisotopic (exact) mass is 462 g/mol. The molecule has 3 N–H and O–H groups in total. The number of rotatable bonds is 5. The van der Waals surface area contributed by atoms with Crippen LogP contribution in [0.5, 0.6) is 0 Å². The van der Waals surface area contributed by atoms with E-state index in [0.717, 1.165) is 15.7 Å². The summed E-state index contributed by atoms with van der Waals surface area (Å²) in [6.07, 6.45) is 0.0905. The number of hydrogen-bond donors (Lipinski definition) is 3. The van der Waals surface area contributed by atoms with Gasteiger partial charge in [-0.25, -0.2) is 14.2 Å². The summed E-state index contributed by atoms with van der Waals surface area (Å²) in [7, 11) is 0. The number of halogens is 2. The molecule has 0 aliphatic carbocycles. The number of carbonyl (C=O) groups is 2. The number of urea groups is 1. The molecule has 0 aliphatic heterocycles. The normalized spacial score (nSPS) is 10.4. The first-order valence-corrected chi connectivity index (χ1v) is 9.90. The highest BCUT2D eigenvalue weighted by atomic mass is 79.9. The van der Waals surface area contributed by atoms with Gasteiger partial charge < -0.3 is 10.6 Å². The van der Waals surface area contributed by atoms with Gasteiger partial charge in [-0.1, -0.05) is 15.9 Å². The van der Waals surface area contributed by atoms with Gasteiger partial charge in [0.1, 0.15) is 5.82 Å². The lowest BCUT2D eigenvalue weighted by Crippen LogP contribution is -2.19. The Morgan fingerprint density at radius 3 is 2.57 bits per heavy atom. The summed E-state index contributed by atoms with van der Waals surface area (Å²) in [5.41, 5.74) is 2.69. The van der Waals surface area contributed by atoms with Gasteiger partial charge in [0, 0.05) is 21.2 Å². The highest BCUT2D eigenvalue weighted by molar-refractivity contribution is 9.10. The second-order valence-corrected chi connectivity index (χ2v) is 7.69. The smallest absolute Gasteiger partial charge is 0.325 e. The number of nitrogens with one attached hydrogen (secondary N) is 3. The van der Waals surface area contributed by atoms with E-state index in [2.05, 4.69) is 36.9 Å². The lowest BCUT2D eigenvalue weighted by Gasteiger charge is -2.08. The zero-order chi connectivity index (χ0) is 20.1. The van der Waals surface area contributed by atoms with E-state index >= 15 is 0 Å². The van der Waals surface area contributed by atoms with E-state index in [1.54, 1.807) is 5.38 Å². The third kappa shape index (κ3) is 5.61. The summed E-state index contributed by atoms with van der Waals surface area (Å²) in [6.45, 7) is 1.91. The third-order valence-corrected chi connectivity index (χ3v) is 4.98. The first kappa shape index (κ1) is 20.0. The Morgan fingerprint density at radius 1 is 1.11 bits per heavy atom. The SMILES string of the molecule is Cc1cc(Br)ccc1NC(=O)Cc1csc(NC(=O)Nc2ccc(F)cc2)n1. The second-order valence-electron chi connectivity index (χ2n) is 5.91. The molecule has 3 rings (SSSR count). The average molecular weight is 463 g/mol. The van der Waals surface area contributed by atoms with Gasteiger partial charge in [-0.05, 0) is 55.0 Å². The molecule has 3 aromatic rings.